The van der Waals surface area contributed by atoms with Crippen LogP contribution in [0.5, 0.6) is 0 Å². The van der Waals surface area contributed by atoms with Crippen molar-refractivity contribution in [3.63, 3.8) is 0 Å². The Hall–Kier alpha value is -2.17. The van der Waals surface area contributed by atoms with Crippen molar-refractivity contribution in [2.75, 3.05) is 11.1 Å². The third kappa shape index (κ3) is 2.25. The van der Waals surface area contributed by atoms with Gasteiger partial charge in [-0.25, -0.2) is 8.78 Å². The van der Waals surface area contributed by atoms with E-state index in [1.54, 1.807) is 6.07 Å². The minimum absolute atomic E-state index is 0.436. The van der Waals surface area contributed by atoms with Crippen molar-refractivity contribution >= 4 is 17.1 Å². The lowest BCUT2D eigenvalue weighted by Crippen LogP contribution is -1.95. The summed E-state index contributed by atoms with van der Waals surface area (Å²) in [5, 5.41) is 2.86. The standard InChI is InChI=1S/C11H9F2N3/c12-10-2-1-8(4-11(10)13)16-9-3-7(14)5-15-6-9/h1-6,16H,14H2. The molecule has 0 spiro atoms. The SMILES string of the molecule is Nc1cncc(Nc2ccc(F)c(F)c2)c1. The number of rotatable bonds is 2. The van der Waals surface area contributed by atoms with E-state index in [-0.39, 0.29) is 0 Å². The molecule has 0 fully saturated rings. The molecular weight excluding hydrogens is 212 g/mol. The number of aromatic nitrogens is 1. The van der Waals surface area contributed by atoms with Crippen molar-refractivity contribution in [2.24, 2.45) is 0 Å². The molecule has 0 aliphatic carbocycles. The van der Waals surface area contributed by atoms with Crippen molar-refractivity contribution in [3.05, 3.63) is 48.3 Å². The van der Waals surface area contributed by atoms with Gasteiger partial charge in [-0.1, -0.05) is 0 Å². The molecule has 0 saturated heterocycles. The minimum atomic E-state index is -0.901. The lowest BCUT2D eigenvalue weighted by molar-refractivity contribution is 0.509. The Morgan fingerprint density at radius 1 is 1.00 bits per heavy atom. The normalized spacial score (nSPS) is 10.1. The Balaban J connectivity index is 2.24. The van der Waals surface area contributed by atoms with Gasteiger partial charge in [0, 0.05) is 18.0 Å². The number of nitrogens with zero attached hydrogens (tertiary/aromatic N) is 1. The second-order valence-corrected chi connectivity index (χ2v) is 3.26. The monoisotopic (exact) mass is 221 g/mol. The maximum atomic E-state index is 12.9. The molecule has 3 N–H and O–H groups in total. The molecule has 1 aromatic carbocycles. The number of anilines is 3. The molecule has 0 atom stereocenters. The predicted molar refractivity (Wildman–Crippen MR) is 58.3 cm³/mol. The van der Waals surface area contributed by atoms with Gasteiger partial charge in [0.15, 0.2) is 11.6 Å². The molecule has 0 aliphatic rings. The molecule has 0 unspecified atom stereocenters. The molecule has 0 amide bonds. The zero-order valence-electron chi connectivity index (χ0n) is 8.24. The van der Waals surface area contributed by atoms with Crippen molar-refractivity contribution in [3.8, 4) is 0 Å². The summed E-state index contributed by atoms with van der Waals surface area (Å²) in [5.41, 5.74) is 7.08. The van der Waals surface area contributed by atoms with Crippen molar-refractivity contribution in [1.82, 2.24) is 4.98 Å². The summed E-state index contributed by atoms with van der Waals surface area (Å²) >= 11 is 0. The first-order valence-electron chi connectivity index (χ1n) is 4.58. The molecule has 0 bridgehead atoms. The Bertz CT molecular complexity index is 514. The molecule has 0 aliphatic heterocycles. The summed E-state index contributed by atoms with van der Waals surface area (Å²) in [6, 6.07) is 5.20. The van der Waals surface area contributed by atoms with Crippen molar-refractivity contribution in [1.29, 1.82) is 0 Å². The quantitative estimate of drug-likeness (QED) is 0.819. The summed E-state index contributed by atoms with van der Waals surface area (Å²) in [6.07, 6.45) is 3.04. The Labute approximate surface area is 90.9 Å². The summed E-state index contributed by atoms with van der Waals surface area (Å²) < 4.78 is 25.6. The number of pyridine rings is 1. The Morgan fingerprint density at radius 3 is 2.50 bits per heavy atom. The third-order valence-electron chi connectivity index (χ3n) is 1.97. The average molecular weight is 221 g/mol. The van der Waals surface area contributed by atoms with Crippen LogP contribution in [0.4, 0.5) is 25.8 Å². The Kier molecular flexibility index (Phi) is 2.68. The minimum Gasteiger partial charge on any atom is -0.397 e. The second-order valence-electron chi connectivity index (χ2n) is 3.26. The van der Waals surface area contributed by atoms with Crippen LogP contribution in [0.1, 0.15) is 0 Å². The summed E-state index contributed by atoms with van der Waals surface area (Å²) in [4.78, 5) is 3.87. The van der Waals surface area contributed by atoms with E-state index in [9.17, 15) is 8.78 Å². The second kappa shape index (κ2) is 4.14. The van der Waals surface area contributed by atoms with Gasteiger partial charge in [0.2, 0.25) is 0 Å². The smallest absolute Gasteiger partial charge is 0.160 e. The topological polar surface area (TPSA) is 50.9 Å². The first kappa shape index (κ1) is 10.4. The molecule has 5 heteroatoms. The molecule has 82 valence electrons. The molecule has 2 rings (SSSR count). The zero-order chi connectivity index (χ0) is 11.5. The fourth-order valence-corrected chi connectivity index (χ4v) is 1.27. The lowest BCUT2D eigenvalue weighted by Gasteiger charge is -2.06. The van der Waals surface area contributed by atoms with Gasteiger partial charge in [0.05, 0.1) is 17.6 Å². The fourth-order valence-electron chi connectivity index (χ4n) is 1.27. The van der Waals surface area contributed by atoms with Crippen LogP contribution < -0.4 is 11.1 Å². The zero-order valence-corrected chi connectivity index (χ0v) is 8.24. The van der Waals surface area contributed by atoms with E-state index in [0.717, 1.165) is 12.1 Å². The number of nitrogens with two attached hydrogens (primary N) is 1. The lowest BCUT2D eigenvalue weighted by atomic mass is 10.3. The molecule has 2 aromatic rings. The van der Waals surface area contributed by atoms with E-state index in [4.69, 9.17) is 5.73 Å². The van der Waals surface area contributed by atoms with E-state index >= 15 is 0 Å². The molecule has 1 aromatic heterocycles. The maximum Gasteiger partial charge on any atom is 0.160 e. The van der Waals surface area contributed by atoms with E-state index < -0.39 is 11.6 Å². The van der Waals surface area contributed by atoms with Crippen LogP contribution in [-0.4, -0.2) is 4.98 Å². The van der Waals surface area contributed by atoms with E-state index in [2.05, 4.69) is 10.3 Å². The first-order valence-corrected chi connectivity index (χ1v) is 4.58. The molecule has 1 heterocycles. The highest BCUT2D eigenvalue weighted by Gasteiger charge is 2.02. The highest BCUT2D eigenvalue weighted by atomic mass is 19.2. The maximum absolute atomic E-state index is 12.9. The van der Waals surface area contributed by atoms with Crippen LogP contribution >= 0.6 is 0 Å². The van der Waals surface area contributed by atoms with Crippen LogP contribution in [0.25, 0.3) is 0 Å². The van der Waals surface area contributed by atoms with E-state index in [1.165, 1.54) is 18.5 Å². The Morgan fingerprint density at radius 2 is 1.81 bits per heavy atom. The summed E-state index contributed by atoms with van der Waals surface area (Å²) in [6.45, 7) is 0. The van der Waals surface area contributed by atoms with Crippen molar-refractivity contribution in [2.45, 2.75) is 0 Å². The molecule has 16 heavy (non-hydrogen) atoms. The average Bonchev–Trinajstić information content (AvgIpc) is 2.24. The van der Waals surface area contributed by atoms with Gasteiger partial charge in [-0.05, 0) is 18.2 Å². The van der Waals surface area contributed by atoms with Crippen LogP contribution in [-0.2, 0) is 0 Å². The van der Waals surface area contributed by atoms with Crippen LogP contribution in [0, 0.1) is 11.6 Å². The highest BCUT2D eigenvalue weighted by molar-refractivity contribution is 5.61. The number of nitrogens with one attached hydrogen (secondary N) is 1. The van der Waals surface area contributed by atoms with E-state index in [1.807, 2.05) is 0 Å². The number of hydrogen-bond acceptors (Lipinski definition) is 3. The van der Waals surface area contributed by atoms with Gasteiger partial charge in [0.25, 0.3) is 0 Å². The van der Waals surface area contributed by atoms with Gasteiger partial charge in [-0.2, -0.15) is 0 Å². The fraction of sp³-hybridized carbons (Fsp3) is 0. The van der Waals surface area contributed by atoms with Crippen LogP contribution in [0.3, 0.4) is 0 Å². The van der Waals surface area contributed by atoms with Crippen LogP contribution in [0.2, 0.25) is 0 Å². The number of nitrogen functional groups attached to an aromatic ring is 1. The van der Waals surface area contributed by atoms with Gasteiger partial charge < -0.3 is 11.1 Å². The summed E-state index contributed by atoms with van der Waals surface area (Å²) in [5.74, 6) is -1.78. The van der Waals surface area contributed by atoms with Gasteiger partial charge in [-0.3, -0.25) is 4.98 Å². The number of benzene rings is 1. The van der Waals surface area contributed by atoms with Gasteiger partial charge in [-0.15, -0.1) is 0 Å². The first-order chi connectivity index (χ1) is 7.65. The largest absolute Gasteiger partial charge is 0.397 e. The van der Waals surface area contributed by atoms with Gasteiger partial charge in [0.1, 0.15) is 0 Å². The number of hydrogen-bond donors (Lipinski definition) is 2. The highest BCUT2D eigenvalue weighted by Crippen LogP contribution is 2.19. The third-order valence-corrected chi connectivity index (χ3v) is 1.97. The molecule has 0 radical (unpaired) electrons. The van der Waals surface area contributed by atoms with Crippen LogP contribution in [0.15, 0.2) is 36.7 Å². The van der Waals surface area contributed by atoms with Crippen molar-refractivity contribution < 1.29 is 8.78 Å². The molecular formula is C11H9F2N3. The van der Waals surface area contributed by atoms with Gasteiger partial charge >= 0.3 is 0 Å². The number of halogens is 2. The van der Waals surface area contributed by atoms with E-state index in [0.29, 0.717) is 17.1 Å². The molecule has 3 nitrogen and oxygen atoms in total. The predicted octanol–water partition coefficient (Wildman–Crippen LogP) is 2.69. The molecule has 0 saturated carbocycles. The summed E-state index contributed by atoms with van der Waals surface area (Å²) in [7, 11) is 0.